The van der Waals surface area contributed by atoms with Gasteiger partial charge in [0, 0.05) is 24.3 Å². The first-order valence-corrected chi connectivity index (χ1v) is 7.65. The van der Waals surface area contributed by atoms with Gasteiger partial charge in [-0.25, -0.2) is 4.98 Å². The lowest BCUT2D eigenvalue weighted by Gasteiger charge is -2.35. The average Bonchev–Trinajstić information content (AvgIpc) is 2.87. The van der Waals surface area contributed by atoms with Crippen molar-refractivity contribution < 1.29 is 9.90 Å². The van der Waals surface area contributed by atoms with Gasteiger partial charge in [-0.1, -0.05) is 18.2 Å². The van der Waals surface area contributed by atoms with Gasteiger partial charge in [0.05, 0.1) is 17.1 Å². The fourth-order valence-corrected chi connectivity index (χ4v) is 3.04. The average molecular weight is 307 g/mol. The molecule has 1 aromatic heterocycles. The number of para-hydroxylation sites is 1. The van der Waals surface area contributed by atoms with Gasteiger partial charge in [-0.05, 0) is 37.3 Å². The molecule has 0 spiro atoms. The molecule has 0 unspecified atom stereocenters. The Morgan fingerprint density at radius 1 is 1.17 bits per heavy atom. The van der Waals surface area contributed by atoms with Crippen molar-refractivity contribution in [3.05, 3.63) is 59.9 Å². The maximum Gasteiger partial charge on any atom is 0.254 e. The predicted octanol–water partition coefficient (Wildman–Crippen LogP) is 2.15. The highest BCUT2D eigenvalue weighted by atomic mass is 16.3. The van der Waals surface area contributed by atoms with Crippen LogP contribution in [0.3, 0.4) is 0 Å². The number of aliphatic hydroxyl groups is 1. The number of aryl methyl sites for hydroxylation is 1. The minimum absolute atomic E-state index is 0.0517. The predicted molar refractivity (Wildman–Crippen MR) is 87.7 cm³/mol. The summed E-state index contributed by atoms with van der Waals surface area (Å²) in [7, 11) is 0. The maximum absolute atomic E-state index is 12.4. The zero-order valence-corrected chi connectivity index (χ0v) is 12.8. The number of aliphatic hydroxyl groups excluding tert-OH is 1. The fourth-order valence-electron chi connectivity index (χ4n) is 3.04. The van der Waals surface area contributed by atoms with E-state index >= 15 is 0 Å². The second-order valence-corrected chi connectivity index (χ2v) is 5.90. The van der Waals surface area contributed by atoms with Gasteiger partial charge in [0.1, 0.15) is 5.82 Å². The first-order chi connectivity index (χ1) is 11.1. The molecule has 1 aliphatic heterocycles. The zero-order valence-electron chi connectivity index (χ0n) is 12.8. The van der Waals surface area contributed by atoms with Crippen molar-refractivity contribution in [1.29, 1.82) is 0 Å². The maximum atomic E-state index is 12.4. The number of likely N-dealkylation sites (tertiary alicyclic amines) is 1. The lowest BCUT2D eigenvalue weighted by atomic mass is 10.1. The van der Waals surface area contributed by atoms with Gasteiger partial charge in [-0.3, -0.25) is 9.36 Å². The quantitative estimate of drug-likeness (QED) is 0.789. The van der Waals surface area contributed by atoms with Crippen molar-refractivity contribution in [1.82, 2.24) is 14.5 Å². The number of fused-ring (bicyclic) bond motifs is 1. The Morgan fingerprint density at radius 2 is 1.91 bits per heavy atom. The van der Waals surface area contributed by atoms with Gasteiger partial charge in [0.15, 0.2) is 0 Å². The van der Waals surface area contributed by atoms with Gasteiger partial charge in [0.2, 0.25) is 0 Å². The second-order valence-electron chi connectivity index (χ2n) is 5.90. The molecule has 0 aliphatic carbocycles. The van der Waals surface area contributed by atoms with Crippen molar-refractivity contribution in [2.75, 3.05) is 13.1 Å². The Balaban J connectivity index is 1.75. The molecule has 1 aliphatic rings. The molecule has 1 amide bonds. The van der Waals surface area contributed by atoms with E-state index in [2.05, 4.69) is 9.55 Å². The van der Waals surface area contributed by atoms with E-state index in [0.29, 0.717) is 18.7 Å². The van der Waals surface area contributed by atoms with Crippen molar-refractivity contribution in [2.24, 2.45) is 0 Å². The summed E-state index contributed by atoms with van der Waals surface area (Å²) in [4.78, 5) is 18.6. The van der Waals surface area contributed by atoms with Crippen LogP contribution >= 0.6 is 0 Å². The van der Waals surface area contributed by atoms with Crippen molar-refractivity contribution in [3.63, 3.8) is 0 Å². The molecule has 1 saturated heterocycles. The molecular formula is C18H17N3O2. The van der Waals surface area contributed by atoms with Crippen molar-refractivity contribution in [2.45, 2.75) is 13.0 Å². The summed E-state index contributed by atoms with van der Waals surface area (Å²) in [6, 6.07) is 15.6. The van der Waals surface area contributed by atoms with Crippen LogP contribution in [0.5, 0.6) is 0 Å². The number of carbonyl (C=O) groups excluding carboxylic acids is 1. The van der Waals surface area contributed by atoms with E-state index in [1.807, 2.05) is 55.5 Å². The Hall–Kier alpha value is -2.66. The lowest BCUT2D eigenvalue weighted by molar-refractivity contribution is 0.00590. The third kappa shape index (κ3) is 2.29. The Kier molecular flexibility index (Phi) is 3.16. The SMILES string of the molecule is Cc1nc2cc(C(=O)N3CC(O)C3)ccc2n1-c1ccccc1. The van der Waals surface area contributed by atoms with Crippen molar-refractivity contribution >= 4 is 16.9 Å². The first kappa shape index (κ1) is 14.0. The summed E-state index contributed by atoms with van der Waals surface area (Å²) in [6.07, 6.45) is -0.387. The van der Waals surface area contributed by atoms with E-state index in [1.165, 1.54) is 0 Å². The van der Waals surface area contributed by atoms with Crippen LogP contribution in [-0.2, 0) is 0 Å². The van der Waals surface area contributed by atoms with Gasteiger partial charge in [-0.15, -0.1) is 0 Å². The van der Waals surface area contributed by atoms with E-state index in [9.17, 15) is 9.90 Å². The van der Waals surface area contributed by atoms with Gasteiger partial charge in [-0.2, -0.15) is 0 Å². The molecule has 3 aromatic rings. The molecular weight excluding hydrogens is 290 g/mol. The number of nitrogens with zero attached hydrogens (tertiary/aromatic N) is 3. The van der Waals surface area contributed by atoms with Crippen molar-refractivity contribution in [3.8, 4) is 5.69 Å². The van der Waals surface area contributed by atoms with Crippen LogP contribution in [0.15, 0.2) is 48.5 Å². The minimum Gasteiger partial charge on any atom is -0.389 e. The zero-order chi connectivity index (χ0) is 16.0. The molecule has 2 heterocycles. The smallest absolute Gasteiger partial charge is 0.254 e. The van der Waals surface area contributed by atoms with Crippen LogP contribution in [0.4, 0.5) is 0 Å². The number of amides is 1. The molecule has 116 valence electrons. The number of carbonyl (C=O) groups is 1. The monoisotopic (exact) mass is 307 g/mol. The summed E-state index contributed by atoms with van der Waals surface area (Å²) < 4.78 is 2.08. The number of hydrogen-bond donors (Lipinski definition) is 1. The topological polar surface area (TPSA) is 58.4 Å². The number of imidazole rings is 1. The van der Waals surface area contributed by atoms with Crippen LogP contribution in [-0.4, -0.2) is 44.7 Å². The lowest BCUT2D eigenvalue weighted by Crippen LogP contribution is -2.53. The van der Waals surface area contributed by atoms with E-state index in [1.54, 1.807) is 4.90 Å². The number of aromatic nitrogens is 2. The summed E-state index contributed by atoms with van der Waals surface area (Å²) in [5.41, 5.74) is 3.45. The second kappa shape index (κ2) is 5.21. The van der Waals surface area contributed by atoms with Gasteiger partial charge >= 0.3 is 0 Å². The number of hydrogen-bond acceptors (Lipinski definition) is 3. The molecule has 0 radical (unpaired) electrons. The van der Waals surface area contributed by atoms with E-state index in [4.69, 9.17) is 0 Å². The minimum atomic E-state index is -0.387. The molecule has 0 saturated carbocycles. The normalized spacial score (nSPS) is 15.0. The van der Waals surface area contributed by atoms with E-state index in [-0.39, 0.29) is 12.0 Å². The molecule has 1 fully saturated rings. The largest absolute Gasteiger partial charge is 0.389 e. The molecule has 0 bridgehead atoms. The number of rotatable bonds is 2. The standard InChI is InChI=1S/C18H17N3O2/c1-12-19-16-9-13(18(23)20-10-15(22)11-20)7-8-17(16)21(12)14-5-3-2-4-6-14/h2-9,15,22H,10-11H2,1H3. The molecule has 5 nitrogen and oxygen atoms in total. The molecule has 4 rings (SSSR count). The molecule has 1 N–H and O–H groups in total. The summed E-state index contributed by atoms with van der Waals surface area (Å²) >= 11 is 0. The summed E-state index contributed by atoms with van der Waals surface area (Å²) in [5.74, 6) is 0.833. The third-order valence-corrected chi connectivity index (χ3v) is 4.23. The molecule has 0 atom stereocenters. The van der Waals surface area contributed by atoms with E-state index < -0.39 is 0 Å². The summed E-state index contributed by atoms with van der Waals surface area (Å²) in [6.45, 7) is 2.78. The molecule has 2 aromatic carbocycles. The van der Waals surface area contributed by atoms with Crippen LogP contribution in [0.25, 0.3) is 16.7 Å². The Labute approximate surface area is 133 Å². The Bertz CT molecular complexity index is 880. The Morgan fingerprint density at radius 3 is 2.61 bits per heavy atom. The summed E-state index contributed by atoms with van der Waals surface area (Å²) in [5, 5.41) is 9.34. The van der Waals surface area contributed by atoms with Crippen LogP contribution in [0.2, 0.25) is 0 Å². The highest BCUT2D eigenvalue weighted by molar-refractivity contribution is 5.98. The fraction of sp³-hybridized carbons (Fsp3) is 0.222. The van der Waals surface area contributed by atoms with E-state index in [0.717, 1.165) is 22.5 Å². The van der Waals surface area contributed by atoms with Crippen LogP contribution in [0.1, 0.15) is 16.2 Å². The molecule has 23 heavy (non-hydrogen) atoms. The van der Waals surface area contributed by atoms with Crippen LogP contribution < -0.4 is 0 Å². The van der Waals surface area contributed by atoms with Gasteiger partial charge < -0.3 is 10.0 Å². The number of benzene rings is 2. The highest BCUT2D eigenvalue weighted by Crippen LogP contribution is 2.23. The highest BCUT2D eigenvalue weighted by Gasteiger charge is 2.29. The van der Waals surface area contributed by atoms with Crippen LogP contribution in [0, 0.1) is 6.92 Å². The third-order valence-electron chi connectivity index (χ3n) is 4.23. The number of β-amino-alcohol motifs (C(OH)–C–C–N with tert-alkyl or cyclic N) is 1. The first-order valence-electron chi connectivity index (χ1n) is 7.65. The molecule has 5 heteroatoms. The van der Waals surface area contributed by atoms with Gasteiger partial charge in [0.25, 0.3) is 5.91 Å².